The zero-order valence-corrected chi connectivity index (χ0v) is 16.8. The fourth-order valence-corrected chi connectivity index (χ4v) is 3.73. The molecule has 1 saturated carbocycles. The molecule has 0 bridgehead atoms. The molecule has 0 saturated heterocycles. The molecule has 1 aliphatic carbocycles. The Morgan fingerprint density at radius 3 is 2.45 bits per heavy atom. The highest BCUT2D eigenvalue weighted by Crippen LogP contribution is 2.24. The largest absolute Gasteiger partial charge is 0.347 e. The number of rotatable bonds is 4. The molecule has 29 heavy (non-hydrogen) atoms. The van der Waals surface area contributed by atoms with Gasteiger partial charge in [0, 0.05) is 11.6 Å². The molecule has 1 amide bonds. The van der Waals surface area contributed by atoms with E-state index >= 15 is 0 Å². The number of hydrogen-bond acceptors (Lipinski definition) is 3. The van der Waals surface area contributed by atoms with Crippen molar-refractivity contribution in [2.45, 2.75) is 52.0 Å². The van der Waals surface area contributed by atoms with E-state index < -0.39 is 0 Å². The number of amides is 1. The van der Waals surface area contributed by atoms with E-state index in [1.807, 2.05) is 32.0 Å². The Kier molecular flexibility index (Phi) is 5.43. The van der Waals surface area contributed by atoms with Crippen molar-refractivity contribution in [2.24, 2.45) is 0 Å². The summed E-state index contributed by atoms with van der Waals surface area (Å²) in [7, 11) is 0. The van der Waals surface area contributed by atoms with Crippen LogP contribution in [0.25, 0.3) is 17.1 Å². The van der Waals surface area contributed by atoms with Crippen LogP contribution in [0.2, 0.25) is 0 Å². The van der Waals surface area contributed by atoms with Gasteiger partial charge in [0.15, 0.2) is 5.82 Å². The summed E-state index contributed by atoms with van der Waals surface area (Å²) < 4.78 is 15.1. The van der Waals surface area contributed by atoms with Crippen LogP contribution in [0.3, 0.4) is 0 Å². The molecule has 4 rings (SSSR count). The van der Waals surface area contributed by atoms with Gasteiger partial charge in [0.25, 0.3) is 5.91 Å². The summed E-state index contributed by atoms with van der Waals surface area (Å²) >= 11 is 0. The number of nitrogens with one attached hydrogen (secondary N) is 1. The maximum atomic E-state index is 13.4. The summed E-state index contributed by atoms with van der Waals surface area (Å²) in [6.07, 6.45) is 5.48. The van der Waals surface area contributed by atoms with Gasteiger partial charge in [-0.25, -0.2) is 14.1 Å². The van der Waals surface area contributed by atoms with Crippen LogP contribution < -0.4 is 5.32 Å². The molecule has 2 aromatic carbocycles. The number of aromatic nitrogens is 3. The van der Waals surface area contributed by atoms with Crippen molar-refractivity contribution < 1.29 is 9.18 Å². The number of halogens is 1. The van der Waals surface area contributed by atoms with Crippen molar-refractivity contribution in [3.8, 4) is 17.1 Å². The molecule has 150 valence electrons. The van der Waals surface area contributed by atoms with Crippen LogP contribution >= 0.6 is 0 Å². The molecule has 6 heteroatoms. The molecule has 0 radical (unpaired) electrons. The first-order chi connectivity index (χ1) is 14.0. The van der Waals surface area contributed by atoms with Crippen LogP contribution in [-0.4, -0.2) is 26.7 Å². The van der Waals surface area contributed by atoms with Crippen molar-refractivity contribution in [2.75, 3.05) is 0 Å². The number of benzene rings is 2. The number of aryl methyl sites for hydroxylation is 2. The van der Waals surface area contributed by atoms with Gasteiger partial charge in [-0.3, -0.25) is 4.79 Å². The summed E-state index contributed by atoms with van der Waals surface area (Å²) in [6, 6.07) is 12.2. The minimum Gasteiger partial charge on any atom is -0.347 e. The van der Waals surface area contributed by atoms with Crippen molar-refractivity contribution >= 4 is 5.91 Å². The van der Waals surface area contributed by atoms with Crippen LogP contribution in [0, 0.1) is 19.7 Å². The summed E-state index contributed by atoms with van der Waals surface area (Å²) in [5.41, 5.74) is 3.81. The highest BCUT2D eigenvalue weighted by Gasteiger charge is 2.22. The van der Waals surface area contributed by atoms with E-state index in [0.29, 0.717) is 11.4 Å². The van der Waals surface area contributed by atoms with Gasteiger partial charge >= 0.3 is 0 Å². The summed E-state index contributed by atoms with van der Waals surface area (Å²) in [4.78, 5) is 17.3. The molecule has 1 aromatic heterocycles. The fraction of sp³-hybridized carbons (Fsp3) is 0.348. The summed E-state index contributed by atoms with van der Waals surface area (Å²) in [5.74, 6) is 0.0688. The second-order valence-corrected chi connectivity index (χ2v) is 7.75. The molecule has 0 aliphatic heterocycles. The normalized spacial score (nSPS) is 14.7. The lowest BCUT2D eigenvalue weighted by atomic mass is 9.95. The Labute approximate surface area is 170 Å². The van der Waals surface area contributed by atoms with Crippen molar-refractivity contribution in [3.63, 3.8) is 0 Å². The molecule has 3 aromatic rings. The van der Waals surface area contributed by atoms with E-state index in [4.69, 9.17) is 0 Å². The maximum absolute atomic E-state index is 13.4. The molecule has 0 unspecified atom stereocenters. The van der Waals surface area contributed by atoms with Crippen molar-refractivity contribution in [3.05, 3.63) is 65.2 Å². The Hall–Kier alpha value is -3.02. The maximum Gasteiger partial charge on any atom is 0.291 e. The van der Waals surface area contributed by atoms with Gasteiger partial charge in [0.2, 0.25) is 5.82 Å². The first-order valence-electron chi connectivity index (χ1n) is 10.1. The Morgan fingerprint density at radius 2 is 1.76 bits per heavy atom. The molecule has 1 N–H and O–H groups in total. The number of carbonyl (C=O) groups excluding carboxylic acids is 1. The second-order valence-electron chi connectivity index (χ2n) is 7.75. The Balaban J connectivity index is 1.72. The molecule has 0 spiro atoms. The zero-order valence-electron chi connectivity index (χ0n) is 16.8. The molecule has 0 atom stereocenters. The summed E-state index contributed by atoms with van der Waals surface area (Å²) in [6.45, 7) is 4.08. The van der Waals surface area contributed by atoms with E-state index in [0.717, 1.165) is 36.9 Å². The van der Waals surface area contributed by atoms with Crippen LogP contribution in [0.15, 0.2) is 42.5 Å². The monoisotopic (exact) mass is 392 g/mol. The minimum absolute atomic E-state index is 0.133. The Morgan fingerprint density at radius 1 is 1.03 bits per heavy atom. The SMILES string of the molecule is Cc1ccc(-n2nc(C(=O)NC3CCCCC3)nc2-c2ccc(F)cc2)cc1C. The number of hydrogen-bond donors (Lipinski definition) is 1. The van der Waals surface area contributed by atoms with E-state index in [-0.39, 0.29) is 23.6 Å². The quantitative estimate of drug-likeness (QED) is 0.697. The fourth-order valence-electron chi connectivity index (χ4n) is 3.73. The standard InChI is InChI=1S/C23H25FN4O/c1-15-8-13-20(14-16(15)2)28-22(17-9-11-18(24)12-10-17)26-21(27-28)23(29)25-19-6-4-3-5-7-19/h8-14,19H,3-7H2,1-2H3,(H,25,29). The van der Waals surface area contributed by atoms with Gasteiger partial charge < -0.3 is 5.32 Å². The van der Waals surface area contributed by atoms with Crippen LogP contribution in [0.1, 0.15) is 53.8 Å². The second kappa shape index (κ2) is 8.15. The topological polar surface area (TPSA) is 59.8 Å². The van der Waals surface area contributed by atoms with E-state index in [2.05, 4.69) is 15.4 Å². The highest BCUT2D eigenvalue weighted by molar-refractivity contribution is 5.91. The third-order valence-corrected chi connectivity index (χ3v) is 5.59. The van der Waals surface area contributed by atoms with Crippen LogP contribution in [0.4, 0.5) is 4.39 Å². The van der Waals surface area contributed by atoms with E-state index in [1.165, 1.54) is 24.1 Å². The average molecular weight is 392 g/mol. The summed E-state index contributed by atoms with van der Waals surface area (Å²) in [5, 5.41) is 7.59. The van der Waals surface area contributed by atoms with Gasteiger partial charge in [-0.1, -0.05) is 25.3 Å². The van der Waals surface area contributed by atoms with Crippen molar-refractivity contribution in [1.29, 1.82) is 0 Å². The van der Waals surface area contributed by atoms with E-state index in [9.17, 15) is 9.18 Å². The molecular formula is C23H25FN4O. The first kappa shape index (κ1) is 19.3. The number of nitrogens with zero attached hydrogens (tertiary/aromatic N) is 3. The Bertz CT molecular complexity index is 1020. The smallest absolute Gasteiger partial charge is 0.291 e. The van der Waals surface area contributed by atoms with E-state index in [1.54, 1.807) is 16.8 Å². The van der Waals surface area contributed by atoms with Gasteiger partial charge in [0.05, 0.1) is 5.69 Å². The molecule has 1 heterocycles. The number of carbonyl (C=O) groups is 1. The van der Waals surface area contributed by atoms with Gasteiger partial charge in [-0.15, -0.1) is 5.10 Å². The molecule has 1 aliphatic rings. The third-order valence-electron chi connectivity index (χ3n) is 5.59. The lowest BCUT2D eigenvalue weighted by Crippen LogP contribution is -2.36. The molecular weight excluding hydrogens is 367 g/mol. The molecule has 1 fully saturated rings. The van der Waals surface area contributed by atoms with Crippen LogP contribution in [0.5, 0.6) is 0 Å². The third kappa shape index (κ3) is 4.21. The minimum atomic E-state index is -0.318. The van der Waals surface area contributed by atoms with Crippen molar-refractivity contribution in [1.82, 2.24) is 20.1 Å². The predicted octanol–water partition coefficient (Wildman–Crippen LogP) is 4.75. The average Bonchev–Trinajstić information content (AvgIpc) is 3.17. The lowest BCUT2D eigenvalue weighted by molar-refractivity contribution is 0.0917. The van der Waals surface area contributed by atoms with Gasteiger partial charge in [0.1, 0.15) is 5.82 Å². The zero-order chi connectivity index (χ0) is 20.4. The van der Waals surface area contributed by atoms with Gasteiger partial charge in [-0.05, 0) is 74.2 Å². The van der Waals surface area contributed by atoms with Gasteiger partial charge in [-0.2, -0.15) is 0 Å². The lowest BCUT2D eigenvalue weighted by Gasteiger charge is -2.21. The first-order valence-corrected chi connectivity index (χ1v) is 10.1. The van der Waals surface area contributed by atoms with Crippen LogP contribution in [-0.2, 0) is 0 Å². The highest BCUT2D eigenvalue weighted by atomic mass is 19.1. The molecule has 5 nitrogen and oxygen atoms in total. The predicted molar refractivity (Wildman–Crippen MR) is 111 cm³/mol.